The zero-order chi connectivity index (χ0) is 5.98. The predicted octanol–water partition coefficient (Wildman–Crippen LogP) is 0.399. The first-order valence-corrected chi connectivity index (χ1v) is 3.19. The molecule has 1 fully saturated rings. The zero-order valence-corrected chi connectivity index (χ0v) is 6.45. The SMILES string of the molecule is CC(O)[C@@H]1CCNC1.Cl. The highest BCUT2D eigenvalue weighted by Crippen LogP contribution is 2.10. The van der Waals surface area contributed by atoms with Crippen LogP contribution in [0.3, 0.4) is 0 Å². The molecule has 0 spiro atoms. The van der Waals surface area contributed by atoms with Crippen molar-refractivity contribution >= 4 is 12.4 Å². The van der Waals surface area contributed by atoms with E-state index in [-0.39, 0.29) is 18.5 Å². The number of hydrogen-bond donors (Lipinski definition) is 2. The Hall–Kier alpha value is 0.210. The monoisotopic (exact) mass is 151 g/mol. The minimum atomic E-state index is -0.120. The van der Waals surface area contributed by atoms with Gasteiger partial charge >= 0.3 is 0 Å². The molecule has 0 aromatic carbocycles. The van der Waals surface area contributed by atoms with Crippen molar-refractivity contribution in [3.05, 3.63) is 0 Å². The number of aliphatic hydroxyl groups excluding tert-OH is 1. The smallest absolute Gasteiger partial charge is 0.0552 e. The van der Waals surface area contributed by atoms with Gasteiger partial charge in [-0.25, -0.2) is 0 Å². The zero-order valence-electron chi connectivity index (χ0n) is 5.63. The summed E-state index contributed by atoms with van der Waals surface area (Å²) in [5, 5.41) is 12.2. The van der Waals surface area contributed by atoms with Gasteiger partial charge in [0.2, 0.25) is 0 Å². The summed E-state index contributed by atoms with van der Waals surface area (Å²) >= 11 is 0. The maximum absolute atomic E-state index is 9.01. The average Bonchev–Trinajstić information content (AvgIpc) is 2.12. The van der Waals surface area contributed by atoms with E-state index in [4.69, 9.17) is 5.11 Å². The van der Waals surface area contributed by atoms with E-state index in [0.717, 1.165) is 19.5 Å². The van der Waals surface area contributed by atoms with Crippen LogP contribution in [0, 0.1) is 5.92 Å². The maximum Gasteiger partial charge on any atom is 0.0552 e. The molecule has 0 saturated carbocycles. The van der Waals surface area contributed by atoms with Gasteiger partial charge in [0.05, 0.1) is 6.10 Å². The molecule has 0 bridgehead atoms. The van der Waals surface area contributed by atoms with Crippen molar-refractivity contribution in [1.29, 1.82) is 0 Å². The molecule has 1 aliphatic heterocycles. The maximum atomic E-state index is 9.01. The highest BCUT2D eigenvalue weighted by Gasteiger charge is 2.18. The summed E-state index contributed by atoms with van der Waals surface area (Å²) < 4.78 is 0. The normalized spacial score (nSPS) is 29.3. The predicted molar refractivity (Wildman–Crippen MR) is 39.9 cm³/mol. The molecule has 1 rings (SSSR count). The first-order chi connectivity index (χ1) is 3.80. The van der Waals surface area contributed by atoms with Crippen LogP contribution in [0.2, 0.25) is 0 Å². The van der Waals surface area contributed by atoms with Crippen LogP contribution in [-0.2, 0) is 0 Å². The van der Waals surface area contributed by atoms with Gasteiger partial charge in [0, 0.05) is 6.54 Å². The fourth-order valence-corrected chi connectivity index (χ4v) is 1.09. The lowest BCUT2D eigenvalue weighted by atomic mass is 10.0. The van der Waals surface area contributed by atoms with E-state index in [0.29, 0.717) is 5.92 Å². The Bertz CT molecular complexity index is 71.5. The lowest BCUT2D eigenvalue weighted by Crippen LogP contribution is -2.19. The van der Waals surface area contributed by atoms with Crippen LogP contribution in [0.4, 0.5) is 0 Å². The van der Waals surface area contributed by atoms with Gasteiger partial charge in [0.25, 0.3) is 0 Å². The number of nitrogens with one attached hydrogen (secondary N) is 1. The fraction of sp³-hybridized carbons (Fsp3) is 1.00. The summed E-state index contributed by atoms with van der Waals surface area (Å²) in [6.07, 6.45) is 1.02. The molecule has 56 valence electrons. The number of rotatable bonds is 1. The van der Waals surface area contributed by atoms with Crippen molar-refractivity contribution in [1.82, 2.24) is 5.32 Å². The van der Waals surface area contributed by atoms with E-state index in [1.54, 1.807) is 0 Å². The first-order valence-electron chi connectivity index (χ1n) is 3.19. The fourth-order valence-electron chi connectivity index (χ4n) is 1.09. The summed E-state index contributed by atoms with van der Waals surface area (Å²) in [7, 11) is 0. The summed E-state index contributed by atoms with van der Waals surface area (Å²) in [5.74, 6) is 0.509. The molecule has 1 saturated heterocycles. The Morgan fingerprint density at radius 3 is 2.56 bits per heavy atom. The third-order valence-electron chi connectivity index (χ3n) is 1.78. The van der Waals surface area contributed by atoms with E-state index >= 15 is 0 Å². The van der Waals surface area contributed by atoms with Gasteiger partial charge in [-0.2, -0.15) is 0 Å². The lowest BCUT2D eigenvalue weighted by molar-refractivity contribution is 0.136. The lowest BCUT2D eigenvalue weighted by Gasteiger charge is -2.09. The van der Waals surface area contributed by atoms with Crippen LogP contribution >= 0.6 is 12.4 Å². The molecule has 9 heavy (non-hydrogen) atoms. The number of aliphatic hydroxyl groups is 1. The van der Waals surface area contributed by atoms with E-state index in [2.05, 4.69) is 5.32 Å². The number of halogens is 1. The Labute approximate surface area is 62.1 Å². The average molecular weight is 152 g/mol. The van der Waals surface area contributed by atoms with Gasteiger partial charge in [0.1, 0.15) is 0 Å². The molecule has 0 amide bonds. The van der Waals surface area contributed by atoms with Crippen LogP contribution in [0.25, 0.3) is 0 Å². The minimum Gasteiger partial charge on any atom is -0.393 e. The summed E-state index contributed by atoms with van der Waals surface area (Å²) in [5.41, 5.74) is 0. The Morgan fingerprint density at radius 2 is 2.33 bits per heavy atom. The summed E-state index contributed by atoms with van der Waals surface area (Å²) in [6, 6.07) is 0. The van der Waals surface area contributed by atoms with Gasteiger partial charge in [0.15, 0.2) is 0 Å². The van der Waals surface area contributed by atoms with Gasteiger partial charge in [-0.05, 0) is 25.8 Å². The highest BCUT2D eigenvalue weighted by atomic mass is 35.5. The molecule has 3 heteroatoms. The molecular weight excluding hydrogens is 138 g/mol. The second-order valence-electron chi connectivity index (χ2n) is 2.49. The van der Waals surface area contributed by atoms with Crippen molar-refractivity contribution in [3.8, 4) is 0 Å². The Balaban J connectivity index is 0.000000640. The van der Waals surface area contributed by atoms with Crippen molar-refractivity contribution in [2.75, 3.05) is 13.1 Å². The van der Waals surface area contributed by atoms with E-state index in [9.17, 15) is 0 Å². The number of hydrogen-bond acceptors (Lipinski definition) is 2. The molecule has 1 aliphatic rings. The minimum absolute atomic E-state index is 0. The molecular formula is C6H14ClNO. The van der Waals surface area contributed by atoms with Gasteiger partial charge in [-0.15, -0.1) is 12.4 Å². The van der Waals surface area contributed by atoms with E-state index in [1.807, 2.05) is 6.92 Å². The van der Waals surface area contributed by atoms with Crippen LogP contribution in [0.5, 0.6) is 0 Å². The second kappa shape index (κ2) is 4.09. The Morgan fingerprint density at radius 1 is 1.67 bits per heavy atom. The molecule has 0 aliphatic carbocycles. The molecule has 0 radical (unpaired) electrons. The van der Waals surface area contributed by atoms with Gasteiger partial charge in [-0.3, -0.25) is 0 Å². The van der Waals surface area contributed by atoms with Gasteiger partial charge in [-0.1, -0.05) is 0 Å². The van der Waals surface area contributed by atoms with E-state index in [1.165, 1.54) is 0 Å². The molecule has 2 nitrogen and oxygen atoms in total. The van der Waals surface area contributed by atoms with Crippen LogP contribution in [0.15, 0.2) is 0 Å². The van der Waals surface area contributed by atoms with Crippen molar-refractivity contribution in [3.63, 3.8) is 0 Å². The largest absolute Gasteiger partial charge is 0.393 e. The molecule has 0 aromatic heterocycles. The van der Waals surface area contributed by atoms with Crippen LogP contribution < -0.4 is 5.32 Å². The van der Waals surface area contributed by atoms with E-state index < -0.39 is 0 Å². The standard InChI is InChI=1S/C6H13NO.ClH/c1-5(8)6-2-3-7-4-6;/h5-8H,2-4H2,1H3;1H/t5?,6-;/m1./s1. The van der Waals surface area contributed by atoms with Crippen molar-refractivity contribution in [2.45, 2.75) is 19.4 Å². The summed E-state index contributed by atoms with van der Waals surface area (Å²) in [4.78, 5) is 0. The topological polar surface area (TPSA) is 32.3 Å². The third-order valence-corrected chi connectivity index (χ3v) is 1.78. The van der Waals surface area contributed by atoms with Gasteiger partial charge < -0.3 is 10.4 Å². The first kappa shape index (κ1) is 9.21. The molecule has 2 N–H and O–H groups in total. The molecule has 2 atom stereocenters. The molecule has 0 aromatic rings. The van der Waals surface area contributed by atoms with Crippen molar-refractivity contribution < 1.29 is 5.11 Å². The van der Waals surface area contributed by atoms with Crippen molar-refractivity contribution in [2.24, 2.45) is 5.92 Å². The third kappa shape index (κ3) is 2.52. The Kier molecular flexibility index (Phi) is 4.19. The quantitative estimate of drug-likeness (QED) is 0.569. The summed E-state index contributed by atoms with van der Waals surface area (Å²) in [6.45, 7) is 3.94. The van der Waals surface area contributed by atoms with Crippen LogP contribution in [-0.4, -0.2) is 24.3 Å². The molecule has 1 unspecified atom stereocenters. The molecule has 1 heterocycles. The highest BCUT2D eigenvalue weighted by molar-refractivity contribution is 5.85. The van der Waals surface area contributed by atoms with Crippen LogP contribution in [0.1, 0.15) is 13.3 Å². The second-order valence-corrected chi connectivity index (χ2v) is 2.49.